The van der Waals surface area contributed by atoms with E-state index in [1.807, 2.05) is 0 Å². The fraction of sp³-hybridized carbons (Fsp3) is 1.00. The van der Waals surface area contributed by atoms with E-state index in [-0.39, 0.29) is 0 Å². The van der Waals surface area contributed by atoms with Gasteiger partial charge in [-0.3, -0.25) is 0 Å². The third-order valence-electron chi connectivity index (χ3n) is 0.179. The first-order valence-corrected chi connectivity index (χ1v) is 2.98. The first-order valence-electron chi connectivity index (χ1n) is 1.82. The van der Waals surface area contributed by atoms with Gasteiger partial charge in [0.25, 0.3) is 0 Å². The molecule has 0 fully saturated rings. The molecule has 0 radical (unpaired) electrons. The second-order valence-corrected chi connectivity index (χ2v) is 1.53. The molecule has 0 spiro atoms. The standard InChI is InChI=1S/C2H3F3O.HO3P/c3-2(4,5)1-6;1-4(2)3/h6H,1H2;(H-,1,2,3)/p+1. The molecular weight excluding hydrogens is 176 g/mol. The van der Waals surface area contributed by atoms with Gasteiger partial charge in [-0.2, -0.15) is 13.2 Å². The van der Waals surface area contributed by atoms with Crippen LogP contribution in [-0.4, -0.2) is 27.7 Å². The van der Waals surface area contributed by atoms with Crippen molar-refractivity contribution in [1.29, 1.82) is 0 Å². The van der Waals surface area contributed by atoms with Crippen molar-refractivity contribution < 1.29 is 32.6 Å². The van der Waals surface area contributed by atoms with Gasteiger partial charge in [-0.25, -0.2) is 0 Å². The minimum atomic E-state index is -4.40. The van der Waals surface area contributed by atoms with E-state index < -0.39 is 21.0 Å². The summed E-state index contributed by atoms with van der Waals surface area (Å²) in [6, 6.07) is 0. The number of halogens is 3. The van der Waals surface area contributed by atoms with Crippen LogP contribution in [0.5, 0.6) is 0 Å². The molecular formula is C2H5F3O4P+. The first-order chi connectivity index (χ1) is 4.29. The Morgan fingerprint density at radius 2 is 1.40 bits per heavy atom. The van der Waals surface area contributed by atoms with Crippen LogP contribution in [0, 0.1) is 0 Å². The molecule has 0 heterocycles. The van der Waals surface area contributed by atoms with Crippen LogP contribution in [0.2, 0.25) is 0 Å². The van der Waals surface area contributed by atoms with E-state index in [1.54, 1.807) is 0 Å². The topological polar surface area (TPSA) is 77.8 Å². The highest BCUT2D eigenvalue weighted by molar-refractivity contribution is 7.30. The Labute approximate surface area is 54.9 Å². The van der Waals surface area contributed by atoms with Gasteiger partial charge >= 0.3 is 14.4 Å². The van der Waals surface area contributed by atoms with Crippen molar-refractivity contribution in [2.75, 3.05) is 6.61 Å². The summed E-state index contributed by atoms with van der Waals surface area (Å²) in [4.78, 5) is 14.2. The molecule has 0 amide bonds. The number of hydrogen-bond donors (Lipinski definition) is 3. The van der Waals surface area contributed by atoms with Crippen LogP contribution < -0.4 is 0 Å². The van der Waals surface area contributed by atoms with Crippen molar-refractivity contribution in [1.82, 2.24) is 0 Å². The zero-order valence-corrected chi connectivity index (χ0v) is 5.43. The van der Waals surface area contributed by atoms with E-state index >= 15 is 0 Å². The van der Waals surface area contributed by atoms with Crippen LogP contribution in [0.4, 0.5) is 13.2 Å². The van der Waals surface area contributed by atoms with E-state index in [1.165, 1.54) is 0 Å². The molecule has 8 heteroatoms. The average Bonchev–Trinajstić information content (AvgIpc) is 1.63. The molecule has 0 aliphatic carbocycles. The van der Waals surface area contributed by atoms with Gasteiger partial charge in [-0.1, -0.05) is 0 Å². The van der Waals surface area contributed by atoms with Gasteiger partial charge in [0.05, 0.1) is 0 Å². The van der Waals surface area contributed by atoms with Crippen LogP contribution in [0.15, 0.2) is 0 Å². The zero-order valence-electron chi connectivity index (χ0n) is 4.54. The summed E-state index contributed by atoms with van der Waals surface area (Å²) in [7, 11) is -2.87. The lowest BCUT2D eigenvalue weighted by Gasteiger charge is -1.95. The minimum Gasteiger partial charge on any atom is -0.387 e. The SMILES string of the molecule is O=[P+](O)O.OCC(F)(F)F. The van der Waals surface area contributed by atoms with Crippen LogP contribution >= 0.6 is 8.25 Å². The van der Waals surface area contributed by atoms with Gasteiger partial charge < -0.3 is 5.11 Å². The Morgan fingerprint density at radius 1 is 1.30 bits per heavy atom. The van der Waals surface area contributed by atoms with E-state index in [4.69, 9.17) is 19.5 Å². The summed E-state index contributed by atoms with van der Waals surface area (Å²) in [6.45, 7) is -1.73. The highest BCUT2D eigenvalue weighted by Crippen LogP contribution is 2.11. The third kappa shape index (κ3) is 46.4. The highest BCUT2D eigenvalue weighted by Gasteiger charge is 2.24. The Balaban J connectivity index is 0. The van der Waals surface area contributed by atoms with Crippen LogP contribution in [0.1, 0.15) is 0 Å². The number of rotatable bonds is 0. The average molecular weight is 181 g/mol. The van der Waals surface area contributed by atoms with Crippen LogP contribution in [0.3, 0.4) is 0 Å². The molecule has 0 unspecified atom stereocenters. The maximum atomic E-state index is 10.5. The molecule has 4 nitrogen and oxygen atoms in total. The first kappa shape index (κ1) is 12.4. The molecule has 0 saturated heterocycles. The van der Waals surface area contributed by atoms with Crippen LogP contribution in [-0.2, 0) is 4.57 Å². The largest absolute Gasteiger partial charge is 0.692 e. The predicted molar refractivity (Wildman–Crippen MR) is 25.2 cm³/mol. The van der Waals surface area contributed by atoms with Crippen LogP contribution in [0.25, 0.3) is 0 Å². The second-order valence-electron chi connectivity index (χ2n) is 1.03. The van der Waals surface area contributed by atoms with E-state index in [9.17, 15) is 13.2 Å². The molecule has 0 aromatic rings. The second kappa shape index (κ2) is 5.55. The maximum Gasteiger partial charge on any atom is 0.692 e. The normalized spacial score (nSPS) is 9.80. The molecule has 0 rings (SSSR count). The lowest BCUT2D eigenvalue weighted by atomic mass is 10.7. The van der Waals surface area contributed by atoms with Gasteiger partial charge in [0.15, 0.2) is 0 Å². The quantitative estimate of drug-likeness (QED) is 0.465. The maximum absolute atomic E-state index is 10.5. The number of aliphatic hydroxyl groups excluding tert-OH is 1. The summed E-state index contributed by atoms with van der Waals surface area (Å²) in [5.41, 5.74) is 0. The van der Waals surface area contributed by atoms with Crippen molar-refractivity contribution in [3.05, 3.63) is 0 Å². The minimum absolute atomic E-state index is 1.73. The molecule has 0 aliphatic heterocycles. The summed E-state index contributed by atoms with van der Waals surface area (Å²) in [6.07, 6.45) is -4.40. The Morgan fingerprint density at radius 3 is 1.40 bits per heavy atom. The van der Waals surface area contributed by atoms with Gasteiger partial charge in [-0.15, -0.1) is 9.79 Å². The molecule has 0 saturated carbocycles. The zero-order chi connectivity index (χ0) is 8.78. The van der Waals surface area contributed by atoms with Gasteiger partial charge in [0.1, 0.15) is 6.61 Å². The van der Waals surface area contributed by atoms with Crippen molar-refractivity contribution >= 4 is 8.25 Å². The Kier molecular flexibility index (Phi) is 6.90. The molecule has 62 valence electrons. The lowest BCUT2D eigenvalue weighted by Crippen LogP contribution is -2.12. The van der Waals surface area contributed by atoms with E-state index in [0.717, 1.165) is 0 Å². The number of alkyl halides is 3. The predicted octanol–water partition coefficient (Wildman–Crippen LogP) is 0.169. The molecule has 3 N–H and O–H groups in total. The third-order valence-corrected chi connectivity index (χ3v) is 0.179. The Hall–Kier alpha value is -0.230. The van der Waals surface area contributed by atoms with Gasteiger partial charge in [-0.05, 0) is 0 Å². The van der Waals surface area contributed by atoms with E-state index in [2.05, 4.69) is 0 Å². The monoisotopic (exact) mass is 181 g/mol. The summed E-state index contributed by atoms with van der Waals surface area (Å²) >= 11 is 0. The Bertz CT molecular complexity index is 97.2. The number of hydrogen-bond acceptors (Lipinski definition) is 2. The summed E-state index contributed by atoms with van der Waals surface area (Å²) in [5.74, 6) is 0. The van der Waals surface area contributed by atoms with Crippen molar-refractivity contribution in [2.24, 2.45) is 0 Å². The molecule has 0 aromatic carbocycles. The summed E-state index contributed by atoms with van der Waals surface area (Å²) < 4.78 is 40.3. The van der Waals surface area contributed by atoms with E-state index in [0.29, 0.717) is 0 Å². The number of aliphatic hydroxyl groups is 1. The van der Waals surface area contributed by atoms with Crippen molar-refractivity contribution in [2.45, 2.75) is 6.18 Å². The molecule has 0 aromatic heterocycles. The highest BCUT2D eigenvalue weighted by atomic mass is 31.1. The fourth-order valence-corrected chi connectivity index (χ4v) is 0. The molecule has 0 atom stereocenters. The fourth-order valence-electron chi connectivity index (χ4n) is 0. The van der Waals surface area contributed by atoms with Crippen molar-refractivity contribution in [3.8, 4) is 0 Å². The smallest absolute Gasteiger partial charge is 0.387 e. The molecule has 10 heavy (non-hydrogen) atoms. The van der Waals surface area contributed by atoms with Gasteiger partial charge in [0.2, 0.25) is 0 Å². The summed E-state index contributed by atoms with van der Waals surface area (Å²) in [5, 5.41) is 7.28. The lowest BCUT2D eigenvalue weighted by molar-refractivity contribution is -0.159. The van der Waals surface area contributed by atoms with Gasteiger partial charge in [0, 0.05) is 4.57 Å². The molecule has 0 aliphatic rings. The van der Waals surface area contributed by atoms with Crippen molar-refractivity contribution in [3.63, 3.8) is 0 Å². The molecule has 0 bridgehead atoms.